The van der Waals surface area contributed by atoms with Crippen LogP contribution in [0.2, 0.25) is 0 Å². The molecule has 3 N–H and O–H groups in total. The number of H-pyrrole nitrogens is 1. The number of fused-ring (bicyclic) bond motifs is 1. The van der Waals surface area contributed by atoms with E-state index in [1.54, 1.807) is 0 Å². The number of nitro groups is 2. The quantitative estimate of drug-likeness (QED) is 0.165. The second kappa shape index (κ2) is 8.78. The molecule has 2 aromatic heterocycles. The molecule has 2 aromatic carbocycles. The fourth-order valence-electron chi connectivity index (χ4n) is 3.17. The van der Waals surface area contributed by atoms with E-state index in [-0.39, 0.29) is 58.5 Å². The molecule has 0 unspecified atom stereocenters. The summed E-state index contributed by atoms with van der Waals surface area (Å²) in [6.45, 7) is 0. The molecule has 4 aromatic rings. The highest BCUT2D eigenvalue weighted by Gasteiger charge is 2.23. The fourth-order valence-corrected chi connectivity index (χ4v) is 3.17. The van der Waals surface area contributed by atoms with Crippen molar-refractivity contribution in [3.63, 3.8) is 0 Å². The summed E-state index contributed by atoms with van der Waals surface area (Å²) < 4.78 is 1.18. The third-order valence-electron chi connectivity index (χ3n) is 4.93. The van der Waals surface area contributed by atoms with Crippen LogP contribution in [-0.2, 0) is 12.8 Å². The molecule has 0 aliphatic rings. The van der Waals surface area contributed by atoms with Crippen LogP contribution in [0.4, 0.5) is 17.3 Å². The van der Waals surface area contributed by atoms with Crippen molar-refractivity contribution in [3.8, 4) is 0 Å². The molecule has 0 saturated heterocycles. The Morgan fingerprint density at radius 1 is 0.853 bits per heavy atom. The van der Waals surface area contributed by atoms with Crippen molar-refractivity contribution in [3.05, 3.63) is 91.3 Å². The maximum Gasteiger partial charge on any atom is 0.406 e. The van der Waals surface area contributed by atoms with Crippen molar-refractivity contribution < 1.29 is 24.0 Å². The number of benzene rings is 2. The number of carbonyl (C=O) groups is 2. The third-order valence-corrected chi connectivity index (χ3v) is 4.93. The van der Waals surface area contributed by atoms with Crippen molar-refractivity contribution in [2.24, 2.45) is 0 Å². The van der Waals surface area contributed by atoms with E-state index in [0.29, 0.717) is 0 Å². The van der Waals surface area contributed by atoms with E-state index < -0.39 is 21.4 Å². The van der Waals surface area contributed by atoms with E-state index >= 15 is 0 Å². The SMILES string of the molecule is Nc1[nH]nc2nc(CC(=O)c3ccc([N+](=O)[O-])cc3)c(CC(=O)c3ccc([N+](=O)[O-])cc3)n[n+]12. The van der Waals surface area contributed by atoms with E-state index in [0.717, 1.165) is 0 Å². The molecule has 0 amide bonds. The number of hydrogen-bond acceptors (Lipinski definition) is 10. The van der Waals surface area contributed by atoms with E-state index in [1.165, 1.54) is 53.0 Å². The van der Waals surface area contributed by atoms with Gasteiger partial charge in [-0.25, -0.2) is 0 Å². The Balaban J connectivity index is 1.64. The van der Waals surface area contributed by atoms with Crippen molar-refractivity contribution >= 4 is 34.7 Å². The lowest BCUT2D eigenvalue weighted by Crippen LogP contribution is -2.33. The molecule has 4 rings (SSSR count). The van der Waals surface area contributed by atoms with Crippen LogP contribution in [0.3, 0.4) is 0 Å². The Hall–Kier alpha value is -5.14. The Labute approximate surface area is 189 Å². The van der Waals surface area contributed by atoms with E-state index in [4.69, 9.17) is 5.73 Å². The number of nitrogen functional groups attached to an aromatic ring is 1. The molecule has 2 heterocycles. The number of hydrogen-bond donors (Lipinski definition) is 2. The maximum atomic E-state index is 12.8. The molecule has 0 aliphatic heterocycles. The summed E-state index contributed by atoms with van der Waals surface area (Å²) in [5, 5.41) is 32.4. The summed E-state index contributed by atoms with van der Waals surface area (Å²) in [7, 11) is 0. The molecule has 170 valence electrons. The Morgan fingerprint density at radius 3 is 1.79 bits per heavy atom. The predicted octanol–water partition coefficient (Wildman–Crippen LogP) is 1.19. The lowest BCUT2D eigenvalue weighted by atomic mass is 10.0. The minimum atomic E-state index is -0.576. The number of anilines is 1. The normalized spacial score (nSPS) is 10.8. The number of aromatic amines is 1. The molecular weight excluding hydrogens is 448 g/mol. The molecule has 34 heavy (non-hydrogen) atoms. The Kier molecular flexibility index (Phi) is 5.70. The molecule has 0 bridgehead atoms. The van der Waals surface area contributed by atoms with E-state index in [2.05, 4.69) is 20.3 Å². The summed E-state index contributed by atoms with van der Waals surface area (Å²) in [5.74, 6) is -0.674. The minimum absolute atomic E-state index is 0.0554. The molecule has 0 aliphatic carbocycles. The van der Waals surface area contributed by atoms with Gasteiger partial charge in [0.05, 0.1) is 22.7 Å². The number of nitro benzene ring substituents is 2. The van der Waals surface area contributed by atoms with Gasteiger partial charge in [-0.3, -0.25) is 29.8 Å². The number of nitrogens with one attached hydrogen (secondary N) is 1. The molecule has 0 spiro atoms. The van der Waals surface area contributed by atoms with Crippen LogP contribution in [0.15, 0.2) is 48.5 Å². The van der Waals surface area contributed by atoms with Crippen LogP contribution in [0.1, 0.15) is 32.1 Å². The zero-order chi connectivity index (χ0) is 24.4. The standard InChI is InChI=1S/C20H14N8O6/c21-19-23-24-20-22-15(9-17(29)11-1-5-13(6-2-11)27(31)32)16(25-26(19)20)10-18(30)12-3-7-14(8-4-12)28(33)34/h1-8H,9-10H2,(H2,21,23,25)/p+1. The number of non-ortho nitro benzene ring substituents is 2. The van der Waals surface area contributed by atoms with E-state index in [9.17, 15) is 29.8 Å². The largest absolute Gasteiger partial charge is 0.406 e. The highest BCUT2D eigenvalue weighted by Crippen LogP contribution is 2.17. The van der Waals surface area contributed by atoms with Gasteiger partial charge in [-0.05, 0) is 24.3 Å². The van der Waals surface area contributed by atoms with Crippen LogP contribution in [0.25, 0.3) is 5.78 Å². The number of nitrogens with two attached hydrogens (primary N) is 1. The van der Waals surface area contributed by atoms with Gasteiger partial charge in [-0.1, -0.05) is 4.52 Å². The summed E-state index contributed by atoms with van der Waals surface area (Å²) >= 11 is 0. The first-order valence-corrected chi connectivity index (χ1v) is 9.70. The highest BCUT2D eigenvalue weighted by molar-refractivity contribution is 5.99. The van der Waals surface area contributed by atoms with E-state index in [1.807, 2.05) is 0 Å². The van der Waals surface area contributed by atoms with Crippen molar-refractivity contribution in [2.45, 2.75) is 12.8 Å². The van der Waals surface area contributed by atoms with Crippen LogP contribution in [-0.4, -0.2) is 41.7 Å². The van der Waals surface area contributed by atoms with Crippen LogP contribution >= 0.6 is 0 Å². The van der Waals surface area contributed by atoms with Gasteiger partial charge in [0.25, 0.3) is 11.4 Å². The average molecular weight is 463 g/mol. The van der Waals surface area contributed by atoms with Gasteiger partial charge < -0.3 is 5.73 Å². The van der Waals surface area contributed by atoms with Gasteiger partial charge in [0.15, 0.2) is 11.6 Å². The van der Waals surface area contributed by atoms with Crippen molar-refractivity contribution in [2.75, 3.05) is 5.73 Å². The molecular formula is C20H15N8O6+. The smallest absolute Gasteiger partial charge is 0.318 e. The number of Topliss-reactive ketones (excluding diaryl/α,β-unsaturated/α-hetero) is 2. The first-order valence-electron chi connectivity index (χ1n) is 9.70. The molecule has 14 nitrogen and oxygen atoms in total. The van der Waals surface area contributed by atoms with Crippen molar-refractivity contribution in [1.82, 2.24) is 20.3 Å². The second-order valence-corrected chi connectivity index (χ2v) is 7.13. The number of ketones is 2. The fraction of sp³-hybridized carbons (Fsp3) is 0.100. The Bertz CT molecular complexity index is 1450. The van der Waals surface area contributed by atoms with Gasteiger partial charge in [0.2, 0.25) is 0 Å². The van der Waals surface area contributed by atoms with Crippen molar-refractivity contribution in [1.29, 1.82) is 0 Å². The molecule has 0 atom stereocenters. The molecule has 0 radical (unpaired) electrons. The van der Waals surface area contributed by atoms with Crippen LogP contribution < -0.4 is 10.2 Å². The number of rotatable bonds is 8. The zero-order valence-electron chi connectivity index (χ0n) is 17.2. The van der Waals surface area contributed by atoms with Gasteiger partial charge in [-0.2, -0.15) is 0 Å². The first kappa shape index (κ1) is 22.1. The maximum absolute atomic E-state index is 12.8. The number of nitrogens with zero attached hydrogens (tertiary/aromatic N) is 6. The predicted molar refractivity (Wildman–Crippen MR) is 114 cm³/mol. The van der Waals surface area contributed by atoms with Gasteiger partial charge in [0.1, 0.15) is 11.4 Å². The summed E-state index contributed by atoms with van der Waals surface area (Å²) in [6.07, 6.45) is -0.516. The Morgan fingerprint density at radius 2 is 1.32 bits per heavy atom. The minimum Gasteiger partial charge on any atom is -0.318 e. The van der Waals surface area contributed by atoms with Crippen LogP contribution in [0.5, 0.6) is 0 Å². The molecule has 0 saturated carbocycles. The topological polar surface area (TPSA) is 205 Å². The summed E-state index contributed by atoms with van der Waals surface area (Å²) in [5.41, 5.74) is 6.23. The number of carbonyl (C=O) groups excluding carboxylic acids is 2. The monoisotopic (exact) mass is 463 g/mol. The number of aromatic nitrogens is 5. The molecule has 14 heteroatoms. The third kappa shape index (κ3) is 4.40. The van der Waals surface area contributed by atoms with Gasteiger partial charge in [-0.15, -0.1) is 15.2 Å². The lowest BCUT2D eigenvalue weighted by Gasteiger charge is -2.06. The summed E-state index contributed by atoms with van der Waals surface area (Å²) in [4.78, 5) is 50.4. The summed E-state index contributed by atoms with van der Waals surface area (Å²) in [6, 6.07) is 10.2. The second-order valence-electron chi connectivity index (χ2n) is 7.13. The van der Waals surface area contributed by atoms with Gasteiger partial charge in [0, 0.05) is 40.5 Å². The molecule has 0 fully saturated rings. The zero-order valence-corrected chi connectivity index (χ0v) is 17.2. The van der Waals surface area contributed by atoms with Gasteiger partial charge >= 0.3 is 11.7 Å². The van der Waals surface area contributed by atoms with Crippen LogP contribution in [0, 0.1) is 20.2 Å². The lowest BCUT2D eigenvalue weighted by molar-refractivity contribution is -0.569. The first-order chi connectivity index (χ1) is 16.2. The average Bonchev–Trinajstić information content (AvgIpc) is 3.18. The highest BCUT2D eigenvalue weighted by atomic mass is 16.6.